The van der Waals surface area contributed by atoms with E-state index in [4.69, 9.17) is 0 Å². The van der Waals surface area contributed by atoms with E-state index < -0.39 is 0 Å². The van der Waals surface area contributed by atoms with Crippen molar-refractivity contribution in [2.75, 3.05) is 0 Å². The molecule has 0 radical (unpaired) electrons. The largest absolute Gasteiger partial charge is 0.508 e. The number of benzene rings is 2. The number of para-hydroxylation sites is 1. The van der Waals surface area contributed by atoms with Gasteiger partial charge in [-0.25, -0.2) is 0 Å². The van der Waals surface area contributed by atoms with Crippen molar-refractivity contribution in [3.63, 3.8) is 0 Å². The molecule has 2 aromatic carbocycles. The van der Waals surface area contributed by atoms with Crippen LogP contribution in [0.1, 0.15) is 48.8 Å². The molecule has 1 atom stereocenters. The van der Waals surface area contributed by atoms with Gasteiger partial charge in [0.1, 0.15) is 5.75 Å². The Bertz CT molecular complexity index is 654. The molecule has 0 saturated heterocycles. The monoisotopic (exact) mass is 278 g/mol. The van der Waals surface area contributed by atoms with Gasteiger partial charge in [-0.3, -0.25) is 0 Å². The van der Waals surface area contributed by atoms with Crippen LogP contribution in [0.25, 0.3) is 6.08 Å². The fourth-order valence-electron chi connectivity index (χ4n) is 3.23. The molecule has 0 amide bonds. The average molecular weight is 278 g/mol. The Kier molecular flexibility index (Phi) is 4.10. The summed E-state index contributed by atoms with van der Waals surface area (Å²) in [6.07, 6.45) is 6.85. The molecule has 0 saturated carbocycles. The Balaban J connectivity index is 1.90. The smallest absolute Gasteiger partial charge is 0.118 e. The molecule has 21 heavy (non-hydrogen) atoms. The number of fused-ring (bicyclic) bond motifs is 1. The highest BCUT2D eigenvalue weighted by Crippen LogP contribution is 2.41. The first-order valence-corrected chi connectivity index (χ1v) is 7.86. The Labute approximate surface area is 127 Å². The maximum absolute atomic E-state index is 10.1. The quantitative estimate of drug-likeness (QED) is 0.786. The Morgan fingerprint density at radius 3 is 2.57 bits per heavy atom. The molecule has 1 N–H and O–H groups in total. The highest BCUT2D eigenvalue weighted by Gasteiger charge is 2.25. The Hall–Kier alpha value is -2.02. The SMILES string of the molecule is CCCCC1=Cc2ccccc2C1Cc1ccccc1O. The van der Waals surface area contributed by atoms with Crippen molar-refractivity contribution >= 4 is 6.08 Å². The third-order valence-corrected chi connectivity index (χ3v) is 4.39. The summed E-state index contributed by atoms with van der Waals surface area (Å²) in [4.78, 5) is 0. The summed E-state index contributed by atoms with van der Waals surface area (Å²) in [5, 5.41) is 10.1. The molecule has 0 bridgehead atoms. The van der Waals surface area contributed by atoms with E-state index in [-0.39, 0.29) is 0 Å². The van der Waals surface area contributed by atoms with Crippen LogP contribution in [0.2, 0.25) is 0 Å². The lowest BCUT2D eigenvalue weighted by Crippen LogP contribution is -2.04. The predicted molar refractivity (Wildman–Crippen MR) is 88.5 cm³/mol. The van der Waals surface area contributed by atoms with Gasteiger partial charge < -0.3 is 5.11 Å². The summed E-state index contributed by atoms with van der Waals surface area (Å²) in [6.45, 7) is 2.24. The molecule has 1 heteroatoms. The second-order valence-corrected chi connectivity index (χ2v) is 5.84. The third kappa shape index (κ3) is 2.87. The first-order valence-electron chi connectivity index (χ1n) is 7.86. The van der Waals surface area contributed by atoms with Crippen molar-refractivity contribution in [2.45, 2.75) is 38.5 Å². The van der Waals surface area contributed by atoms with Crippen LogP contribution >= 0.6 is 0 Å². The number of hydrogen-bond donors (Lipinski definition) is 1. The van der Waals surface area contributed by atoms with Crippen LogP contribution in [0.4, 0.5) is 0 Å². The molecule has 1 nitrogen and oxygen atoms in total. The second kappa shape index (κ2) is 6.17. The van der Waals surface area contributed by atoms with Gasteiger partial charge in [0.2, 0.25) is 0 Å². The molecule has 0 fully saturated rings. The summed E-state index contributed by atoms with van der Waals surface area (Å²) < 4.78 is 0. The highest BCUT2D eigenvalue weighted by molar-refractivity contribution is 5.67. The summed E-state index contributed by atoms with van der Waals surface area (Å²) in [6, 6.07) is 16.4. The molecule has 108 valence electrons. The lowest BCUT2D eigenvalue weighted by molar-refractivity contribution is 0.466. The topological polar surface area (TPSA) is 20.2 Å². The minimum absolute atomic E-state index is 0.414. The van der Waals surface area contributed by atoms with Gasteiger partial charge in [-0.05, 0) is 42.0 Å². The molecule has 2 aromatic rings. The average Bonchev–Trinajstić information content (AvgIpc) is 2.85. The first-order chi connectivity index (χ1) is 10.3. The number of phenols is 1. The van der Waals surface area contributed by atoms with Crippen molar-refractivity contribution in [3.05, 3.63) is 70.8 Å². The lowest BCUT2D eigenvalue weighted by atomic mass is 9.87. The fraction of sp³-hybridized carbons (Fsp3) is 0.300. The van der Waals surface area contributed by atoms with Crippen LogP contribution in [-0.2, 0) is 6.42 Å². The zero-order valence-corrected chi connectivity index (χ0v) is 12.5. The number of rotatable bonds is 5. The van der Waals surface area contributed by atoms with E-state index in [0.29, 0.717) is 11.7 Å². The molecule has 1 aliphatic carbocycles. The second-order valence-electron chi connectivity index (χ2n) is 5.84. The van der Waals surface area contributed by atoms with Gasteiger partial charge in [-0.2, -0.15) is 0 Å². The van der Waals surface area contributed by atoms with Crippen molar-refractivity contribution in [3.8, 4) is 5.75 Å². The number of hydrogen-bond acceptors (Lipinski definition) is 1. The van der Waals surface area contributed by atoms with E-state index in [1.807, 2.05) is 18.2 Å². The Morgan fingerprint density at radius 2 is 1.76 bits per heavy atom. The number of allylic oxidation sites excluding steroid dienone is 1. The van der Waals surface area contributed by atoms with E-state index in [2.05, 4.69) is 37.3 Å². The molecule has 1 aliphatic rings. The van der Waals surface area contributed by atoms with Gasteiger partial charge in [0.15, 0.2) is 0 Å². The van der Waals surface area contributed by atoms with E-state index in [9.17, 15) is 5.11 Å². The van der Waals surface area contributed by atoms with Crippen LogP contribution in [0.15, 0.2) is 54.1 Å². The lowest BCUT2D eigenvalue weighted by Gasteiger charge is -2.18. The summed E-state index contributed by atoms with van der Waals surface area (Å²) >= 11 is 0. The minimum Gasteiger partial charge on any atom is -0.508 e. The van der Waals surface area contributed by atoms with Gasteiger partial charge in [0, 0.05) is 5.92 Å². The molecule has 0 aliphatic heterocycles. The third-order valence-electron chi connectivity index (χ3n) is 4.39. The van der Waals surface area contributed by atoms with Crippen molar-refractivity contribution in [1.29, 1.82) is 0 Å². The number of unbranched alkanes of at least 4 members (excludes halogenated alkanes) is 1. The molecule has 1 unspecified atom stereocenters. The molecule has 0 aromatic heterocycles. The molecular formula is C20H22O. The van der Waals surface area contributed by atoms with Crippen LogP contribution in [0, 0.1) is 0 Å². The van der Waals surface area contributed by atoms with Crippen LogP contribution in [0.3, 0.4) is 0 Å². The van der Waals surface area contributed by atoms with Gasteiger partial charge in [0.05, 0.1) is 0 Å². The molecule has 0 heterocycles. The maximum Gasteiger partial charge on any atom is 0.118 e. The standard InChI is InChI=1S/C20H22O/c1-2-3-8-16-13-15-9-4-6-11-18(15)19(16)14-17-10-5-7-12-20(17)21/h4-7,9-13,19,21H,2-3,8,14H2,1H3. The van der Waals surface area contributed by atoms with Crippen molar-refractivity contribution < 1.29 is 5.11 Å². The van der Waals surface area contributed by atoms with Crippen LogP contribution in [0.5, 0.6) is 5.75 Å². The zero-order valence-electron chi connectivity index (χ0n) is 12.5. The van der Waals surface area contributed by atoms with E-state index >= 15 is 0 Å². The number of phenolic OH excluding ortho intramolecular Hbond substituents is 1. The fourth-order valence-corrected chi connectivity index (χ4v) is 3.23. The van der Waals surface area contributed by atoms with E-state index in [1.54, 1.807) is 6.07 Å². The Morgan fingerprint density at radius 1 is 1.00 bits per heavy atom. The van der Waals surface area contributed by atoms with Gasteiger partial charge in [0.25, 0.3) is 0 Å². The summed E-state index contributed by atoms with van der Waals surface area (Å²) in [7, 11) is 0. The van der Waals surface area contributed by atoms with E-state index in [1.165, 1.54) is 29.5 Å². The van der Waals surface area contributed by atoms with Crippen molar-refractivity contribution in [2.24, 2.45) is 0 Å². The predicted octanol–water partition coefficient (Wildman–Crippen LogP) is 5.31. The van der Waals surface area contributed by atoms with Gasteiger partial charge in [-0.15, -0.1) is 0 Å². The zero-order chi connectivity index (χ0) is 14.7. The molecule has 3 rings (SSSR count). The molecular weight excluding hydrogens is 256 g/mol. The number of aromatic hydroxyl groups is 1. The van der Waals surface area contributed by atoms with Crippen LogP contribution < -0.4 is 0 Å². The summed E-state index contributed by atoms with van der Waals surface area (Å²) in [5.41, 5.74) is 5.32. The highest BCUT2D eigenvalue weighted by atomic mass is 16.3. The van der Waals surface area contributed by atoms with Crippen molar-refractivity contribution in [1.82, 2.24) is 0 Å². The molecule has 0 spiro atoms. The first kappa shape index (κ1) is 13.9. The van der Waals surface area contributed by atoms with Gasteiger partial charge in [-0.1, -0.05) is 67.5 Å². The minimum atomic E-state index is 0.414. The summed E-state index contributed by atoms with van der Waals surface area (Å²) in [5.74, 6) is 0.831. The maximum atomic E-state index is 10.1. The van der Waals surface area contributed by atoms with Gasteiger partial charge >= 0.3 is 0 Å². The normalized spacial score (nSPS) is 16.6. The van der Waals surface area contributed by atoms with Crippen LogP contribution in [-0.4, -0.2) is 5.11 Å². The van der Waals surface area contributed by atoms with E-state index in [0.717, 1.165) is 18.4 Å².